The van der Waals surface area contributed by atoms with Crippen LogP contribution in [0.25, 0.3) is 11.0 Å². The Kier molecular flexibility index (Phi) is 5.07. The van der Waals surface area contributed by atoms with E-state index in [0.29, 0.717) is 44.1 Å². The Balaban J connectivity index is 1.36. The minimum atomic E-state index is -0.302. The first-order valence-corrected chi connectivity index (χ1v) is 10.5. The monoisotopic (exact) mass is 420 g/mol. The molecule has 1 atom stereocenters. The smallest absolute Gasteiger partial charge is 0.257 e. The topological polar surface area (TPSA) is 82.5 Å². The summed E-state index contributed by atoms with van der Waals surface area (Å²) >= 11 is 0. The number of hydrogen-bond donors (Lipinski definition) is 0. The molecule has 1 unspecified atom stereocenters. The Labute approximate surface area is 179 Å². The van der Waals surface area contributed by atoms with Gasteiger partial charge in [0.15, 0.2) is 5.76 Å². The van der Waals surface area contributed by atoms with Crippen LogP contribution >= 0.6 is 0 Å². The summed E-state index contributed by atoms with van der Waals surface area (Å²) < 4.78 is 11.6. The molecule has 31 heavy (non-hydrogen) atoms. The fourth-order valence-corrected chi connectivity index (χ4v) is 4.20. The van der Waals surface area contributed by atoms with E-state index in [1.807, 2.05) is 42.5 Å². The molecule has 3 aromatic rings. The number of hydrogen-bond acceptors (Lipinski definition) is 6. The molecule has 8 nitrogen and oxygen atoms in total. The van der Waals surface area contributed by atoms with Gasteiger partial charge in [0.25, 0.3) is 5.91 Å². The normalized spacial score (nSPS) is 19.8. The number of furan rings is 2. The molecule has 1 saturated heterocycles. The maximum atomic E-state index is 13.2. The second-order valence-corrected chi connectivity index (χ2v) is 7.95. The second kappa shape index (κ2) is 8.03. The van der Waals surface area contributed by atoms with Crippen molar-refractivity contribution in [2.24, 2.45) is 5.10 Å². The van der Waals surface area contributed by atoms with Crippen LogP contribution in [0.5, 0.6) is 0 Å². The van der Waals surface area contributed by atoms with E-state index >= 15 is 0 Å². The molecule has 0 radical (unpaired) electrons. The van der Waals surface area contributed by atoms with Crippen LogP contribution in [0.4, 0.5) is 0 Å². The zero-order chi connectivity index (χ0) is 21.4. The Morgan fingerprint density at radius 2 is 1.90 bits per heavy atom. The molecular weight excluding hydrogens is 396 g/mol. The average molecular weight is 420 g/mol. The molecule has 1 aromatic carbocycles. The highest BCUT2D eigenvalue weighted by atomic mass is 16.3. The molecule has 2 aliphatic heterocycles. The van der Waals surface area contributed by atoms with Crippen LogP contribution in [0.15, 0.2) is 62.7 Å². The van der Waals surface area contributed by atoms with Crippen LogP contribution < -0.4 is 0 Å². The highest BCUT2D eigenvalue weighted by Gasteiger charge is 2.36. The molecule has 0 bridgehead atoms. The van der Waals surface area contributed by atoms with Crippen LogP contribution in [-0.2, 0) is 9.59 Å². The summed E-state index contributed by atoms with van der Waals surface area (Å²) in [4.78, 5) is 28.6. The minimum absolute atomic E-state index is 0.0727. The minimum Gasteiger partial charge on any atom is -0.467 e. The number of amides is 2. The van der Waals surface area contributed by atoms with Gasteiger partial charge in [-0.1, -0.05) is 18.2 Å². The molecule has 0 saturated carbocycles. The summed E-state index contributed by atoms with van der Waals surface area (Å²) in [6.45, 7) is 4.44. The van der Waals surface area contributed by atoms with Crippen molar-refractivity contribution < 1.29 is 18.4 Å². The quantitative estimate of drug-likeness (QED) is 0.648. The number of piperazine rings is 1. The zero-order valence-corrected chi connectivity index (χ0v) is 17.4. The maximum absolute atomic E-state index is 13.2. The van der Waals surface area contributed by atoms with Crippen molar-refractivity contribution in [3.63, 3.8) is 0 Å². The third kappa shape index (κ3) is 3.86. The predicted octanol–water partition coefficient (Wildman–Crippen LogP) is 2.87. The lowest BCUT2D eigenvalue weighted by molar-refractivity contribution is -0.135. The van der Waals surface area contributed by atoms with Gasteiger partial charge in [-0.25, -0.2) is 5.01 Å². The molecule has 2 aromatic heterocycles. The Morgan fingerprint density at radius 1 is 1.10 bits per heavy atom. The number of carbonyl (C=O) groups excluding carboxylic acids is 2. The van der Waals surface area contributed by atoms with Gasteiger partial charge in [-0.2, -0.15) is 5.10 Å². The van der Waals surface area contributed by atoms with Gasteiger partial charge < -0.3 is 13.7 Å². The Morgan fingerprint density at radius 3 is 2.61 bits per heavy atom. The highest BCUT2D eigenvalue weighted by Crippen LogP contribution is 2.34. The summed E-state index contributed by atoms with van der Waals surface area (Å²) in [5, 5.41) is 7.18. The summed E-state index contributed by atoms with van der Waals surface area (Å²) in [5.74, 6) is 1.35. The molecule has 0 spiro atoms. The Bertz CT molecular complexity index is 1090. The largest absolute Gasteiger partial charge is 0.467 e. The number of nitrogens with zero attached hydrogens (tertiary/aromatic N) is 4. The molecule has 5 rings (SSSR count). The number of hydrazone groups is 1. The zero-order valence-electron chi connectivity index (χ0n) is 17.4. The van der Waals surface area contributed by atoms with Crippen molar-refractivity contribution in [2.45, 2.75) is 19.4 Å². The van der Waals surface area contributed by atoms with E-state index < -0.39 is 0 Å². The van der Waals surface area contributed by atoms with Crippen LogP contribution in [0.3, 0.4) is 0 Å². The van der Waals surface area contributed by atoms with Crippen LogP contribution in [0.1, 0.15) is 30.9 Å². The van der Waals surface area contributed by atoms with Gasteiger partial charge >= 0.3 is 0 Å². The molecule has 0 N–H and O–H groups in total. The van der Waals surface area contributed by atoms with Crippen LogP contribution in [-0.4, -0.2) is 65.1 Å². The first kappa shape index (κ1) is 19.6. The van der Waals surface area contributed by atoms with E-state index in [1.54, 1.807) is 18.1 Å². The molecule has 1 fully saturated rings. The van der Waals surface area contributed by atoms with E-state index in [9.17, 15) is 9.59 Å². The first-order chi connectivity index (χ1) is 15.1. The van der Waals surface area contributed by atoms with Gasteiger partial charge in [-0.3, -0.25) is 14.5 Å². The van der Waals surface area contributed by atoms with Gasteiger partial charge in [0.05, 0.1) is 12.8 Å². The lowest BCUT2D eigenvalue weighted by Gasteiger charge is -2.34. The summed E-state index contributed by atoms with van der Waals surface area (Å²) in [6.07, 6.45) is 2.13. The van der Waals surface area contributed by atoms with Crippen LogP contribution in [0, 0.1) is 0 Å². The summed E-state index contributed by atoms with van der Waals surface area (Å²) in [5.41, 5.74) is 1.52. The number of fused-ring (bicyclic) bond motifs is 1. The maximum Gasteiger partial charge on any atom is 0.257 e. The number of rotatable bonds is 4. The van der Waals surface area contributed by atoms with Crippen molar-refractivity contribution >= 4 is 28.5 Å². The average Bonchev–Trinajstić information content (AvgIpc) is 3.52. The van der Waals surface area contributed by atoms with E-state index in [1.165, 1.54) is 5.01 Å². The van der Waals surface area contributed by atoms with E-state index in [4.69, 9.17) is 8.83 Å². The van der Waals surface area contributed by atoms with Crippen molar-refractivity contribution in [2.75, 3.05) is 32.7 Å². The molecule has 8 heteroatoms. The van der Waals surface area contributed by atoms with Gasteiger partial charge in [0.2, 0.25) is 5.91 Å². The fraction of sp³-hybridized carbons (Fsp3) is 0.348. The van der Waals surface area contributed by atoms with Crippen molar-refractivity contribution in [1.82, 2.24) is 14.8 Å². The lowest BCUT2D eigenvalue weighted by atomic mass is 10.1. The highest BCUT2D eigenvalue weighted by molar-refractivity contribution is 6.03. The van der Waals surface area contributed by atoms with Crippen molar-refractivity contribution in [3.05, 3.63) is 60.2 Å². The first-order valence-electron chi connectivity index (χ1n) is 10.5. The van der Waals surface area contributed by atoms with Gasteiger partial charge in [0, 0.05) is 44.9 Å². The molecule has 2 aliphatic rings. The molecule has 2 amide bonds. The third-order valence-corrected chi connectivity index (χ3v) is 5.92. The summed E-state index contributed by atoms with van der Waals surface area (Å²) in [6, 6.07) is 13.1. The number of para-hydroxylation sites is 1. The third-order valence-electron chi connectivity index (χ3n) is 5.92. The Hall–Kier alpha value is -3.39. The standard InChI is InChI=1S/C23H24N4O4/c1-16(28)26-10-8-25(9-11-26)15-23(29)27-19(21-7-4-12-30-21)14-18(24-27)22-13-17-5-2-3-6-20(17)31-22/h2-7,12-13,19H,8-11,14-15H2,1H3. The molecule has 4 heterocycles. The number of carbonyl (C=O) groups is 2. The SMILES string of the molecule is CC(=O)N1CCN(CC(=O)N2N=C(c3cc4ccccc4o3)CC2c2ccco2)CC1. The molecule has 0 aliphatic carbocycles. The fourth-order valence-electron chi connectivity index (χ4n) is 4.20. The van der Waals surface area contributed by atoms with Crippen molar-refractivity contribution in [3.8, 4) is 0 Å². The van der Waals surface area contributed by atoms with E-state index in [-0.39, 0.29) is 24.4 Å². The predicted molar refractivity (Wildman–Crippen MR) is 114 cm³/mol. The van der Waals surface area contributed by atoms with Crippen LogP contribution in [0.2, 0.25) is 0 Å². The van der Waals surface area contributed by atoms with Crippen molar-refractivity contribution in [1.29, 1.82) is 0 Å². The number of benzene rings is 1. The molecule has 160 valence electrons. The van der Waals surface area contributed by atoms with E-state index in [0.717, 1.165) is 16.7 Å². The van der Waals surface area contributed by atoms with E-state index in [2.05, 4.69) is 10.0 Å². The summed E-state index contributed by atoms with van der Waals surface area (Å²) in [7, 11) is 0. The lowest BCUT2D eigenvalue weighted by Crippen LogP contribution is -2.50. The van der Waals surface area contributed by atoms with Gasteiger partial charge in [0.1, 0.15) is 23.1 Å². The van der Waals surface area contributed by atoms with Gasteiger partial charge in [-0.05, 0) is 24.3 Å². The van der Waals surface area contributed by atoms with Gasteiger partial charge in [-0.15, -0.1) is 0 Å². The molecular formula is C23H24N4O4. The second-order valence-electron chi connectivity index (χ2n) is 7.95.